The van der Waals surface area contributed by atoms with E-state index < -0.39 is 5.97 Å². The summed E-state index contributed by atoms with van der Waals surface area (Å²) in [6.07, 6.45) is 9.53. The number of carboxylic acid groups (broad SMARTS) is 1. The lowest BCUT2D eigenvalue weighted by Gasteiger charge is -2.36. The van der Waals surface area contributed by atoms with Crippen LogP contribution >= 0.6 is 11.8 Å². The third kappa shape index (κ3) is 1.52. The number of fused-ring (bicyclic) bond motifs is 9. The van der Waals surface area contributed by atoms with Gasteiger partial charge in [0.15, 0.2) is 0 Å². The average molecular weight is 264 g/mol. The molecule has 0 spiro atoms. The molecule has 0 radical (unpaired) electrons. The summed E-state index contributed by atoms with van der Waals surface area (Å²) in [5.74, 6) is 5.76. The van der Waals surface area contributed by atoms with Crippen LogP contribution in [0.5, 0.6) is 0 Å². The smallest absolute Gasteiger partial charge is 0.304 e. The van der Waals surface area contributed by atoms with Gasteiger partial charge in [-0.3, -0.25) is 4.79 Å². The topological polar surface area (TPSA) is 37.3 Å². The summed E-state index contributed by atoms with van der Waals surface area (Å²) in [4.78, 5) is 10.6. The van der Waals surface area contributed by atoms with Crippen molar-refractivity contribution in [1.29, 1.82) is 0 Å². The Morgan fingerprint density at radius 1 is 1.17 bits per heavy atom. The molecule has 0 heterocycles. The van der Waals surface area contributed by atoms with Gasteiger partial charge in [-0.25, -0.2) is 0 Å². The summed E-state index contributed by atoms with van der Waals surface area (Å²) in [6.45, 7) is 0. The van der Waals surface area contributed by atoms with Crippen molar-refractivity contribution in [2.24, 2.45) is 35.5 Å². The number of aliphatic carboxylic acids is 1. The lowest BCUT2D eigenvalue weighted by atomic mass is 9.73. The van der Waals surface area contributed by atoms with E-state index >= 15 is 0 Å². The van der Waals surface area contributed by atoms with Gasteiger partial charge in [-0.05, 0) is 54.8 Å². The zero-order valence-electron chi connectivity index (χ0n) is 10.5. The van der Waals surface area contributed by atoms with Crippen molar-refractivity contribution < 1.29 is 9.90 Å². The zero-order valence-corrected chi connectivity index (χ0v) is 11.3. The fourth-order valence-corrected chi connectivity index (χ4v) is 6.96. The molecule has 4 rings (SSSR count). The van der Waals surface area contributed by atoms with Gasteiger partial charge in [0, 0.05) is 11.0 Å². The molecule has 0 aromatic rings. The summed E-state index contributed by atoms with van der Waals surface area (Å²) >= 11 is 1.95. The predicted molar refractivity (Wildman–Crippen MR) is 72.4 cm³/mol. The van der Waals surface area contributed by atoms with Crippen molar-refractivity contribution in [1.82, 2.24) is 0 Å². The minimum absolute atomic E-state index is 0.332. The molecule has 7 atom stereocenters. The third-order valence-electron chi connectivity index (χ3n) is 5.86. The molecule has 7 unspecified atom stereocenters. The van der Waals surface area contributed by atoms with Gasteiger partial charge in [-0.1, -0.05) is 12.2 Å². The molecule has 0 aliphatic heterocycles. The van der Waals surface area contributed by atoms with Gasteiger partial charge in [0.2, 0.25) is 0 Å². The Labute approximate surface area is 112 Å². The van der Waals surface area contributed by atoms with E-state index in [9.17, 15) is 4.79 Å². The number of rotatable bonds is 4. The minimum atomic E-state index is -0.647. The second-order valence-electron chi connectivity index (χ2n) is 6.55. The van der Waals surface area contributed by atoms with Crippen molar-refractivity contribution in [3.63, 3.8) is 0 Å². The molecular weight excluding hydrogens is 244 g/mol. The number of carbonyl (C=O) groups is 1. The van der Waals surface area contributed by atoms with E-state index in [1.807, 2.05) is 11.8 Å². The quantitative estimate of drug-likeness (QED) is 0.626. The molecule has 3 saturated carbocycles. The van der Waals surface area contributed by atoms with Crippen molar-refractivity contribution in [2.75, 3.05) is 5.75 Å². The first-order valence-electron chi connectivity index (χ1n) is 7.26. The van der Waals surface area contributed by atoms with Gasteiger partial charge < -0.3 is 5.11 Å². The average Bonchev–Trinajstić information content (AvgIpc) is 3.06. The maximum Gasteiger partial charge on any atom is 0.304 e. The molecule has 1 N–H and O–H groups in total. The van der Waals surface area contributed by atoms with E-state index in [0.717, 1.165) is 46.5 Å². The number of thioether (sulfide) groups is 1. The molecule has 4 bridgehead atoms. The molecule has 0 amide bonds. The molecule has 4 aliphatic carbocycles. The highest BCUT2D eigenvalue weighted by molar-refractivity contribution is 7.99. The second kappa shape index (κ2) is 4.03. The Morgan fingerprint density at radius 2 is 1.94 bits per heavy atom. The zero-order chi connectivity index (χ0) is 12.3. The molecule has 0 aromatic carbocycles. The van der Waals surface area contributed by atoms with E-state index in [0.29, 0.717) is 6.42 Å². The van der Waals surface area contributed by atoms with Gasteiger partial charge in [0.1, 0.15) is 0 Å². The Hall–Kier alpha value is -0.440. The first kappa shape index (κ1) is 11.4. The monoisotopic (exact) mass is 264 g/mol. The van der Waals surface area contributed by atoms with Crippen LogP contribution in [0.3, 0.4) is 0 Å². The van der Waals surface area contributed by atoms with Gasteiger partial charge in [-0.15, -0.1) is 0 Å². The Balaban J connectivity index is 1.43. The molecule has 0 aromatic heterocycles. The van der Waals surface area contributed by atoms with Crippen molar-refractivity contribution in [3.8, 4) is 0 Å². The van der Waals surface area contributed by atoms with Gasteiger partial charge in [-0.2, -0.15) is 11.8 Å². The van der Waals surface area contributed by atoms with Crippen LogP contribution in [-0.4, -0.2) is 22.1 Å². The van der Waals surface area contributed by atoms with Gasteiger partial charge >= 0.3 is 5.97 Å². The summed E-state index contributed by atoms with van der Waals surface area (Å²) in [5, 5.41) is 9.50. The SMILES string of the molecule is O=C(O)CCSC1CC2CC1C1C3C=CC(C3)C21. The van der Waals surface area contributed by atoms with E-state index in [4.69, 9.17) is 5.11 Å². The molecule has 4 aliphatic rings. The highest BCUT2D eigenvalue weighted by Gasteiger charge is 2.60. The number of hydrogen-bond donors (Lipinski definition) is 1. The van der Waals surface area contributed by atoms with E-state index in [-0.39, 0.29) is 0 Å². The van der Waals surface area contributed by atoms with E-state index in [1.54, 1.807) is 0 Å². The second-order valence-corrected chi connectivity index (χ2v) is 7.90. The summed E-state index contributed by atoms with van der Waals surface area (Å²) in [7, 11) is 0. The summed E-state index contributed by atoms with van der Waals surface area (Å²) < 4.78 is 0. The maximum atomic E-state index is 10.6. The van der Waals surface area contributed by atoms with Crippen molar-refractivity contribution in [2.45, 2.75) is 30.9 Å². The van der Waals surface area contributed by atoms with Crippen LogP contribution in [-0.2, 0) is 4.79 Å². The summed E-state index contributed by atoms with van der Waals surface area (Å²) in [6, 6.07) is 0. The first-order chi connectivity index (χ1) is 8.74. The molecule has 0 saturated heterocycles. The molecule has 3 heteroatoms. The molecule has 2 nitrogen and oxygen atoms in total. The van der Waals surface area contributed by atoms with Crippen LogP contribution in [0.2, 0.25) is 0 Å². The standard InChI is InChI=1S/C15H20O2S/c16-13(17)3-4-18-12-7-10-6-11(12)15-9-2-1-8(5-9)14(10)15/h1-2,8-12,14-15H,3-7H2,(H,16,17). The highest BCUT2D eigenvalue weighted by atomic mass is 32.2. The molecular formula is C15H20O2S. The van der Waals surface area contributed by atoms with Crippen LogP contribution < -0.4 is 0 Å². The van der Waals surface area contributed by atoms with Crippen LogP contribution in [0.4, 0.5) is 0 Å². The van der Waals surface area contributed by atoms with Crippen LogP contribution in [0.1, 0.15) is 25.7 Å². The lowest BCUT2D eigenvalue weighted by molar-refractivity contribution is -0.136. The van der Waals surface area contributed by atoms with Gasteiger partial charge in [0.25, 0.3) is 0 Å². The maximum absolute atomic E-state index is 10.6. The Kier molecular flexibility index (Phi) is 2.55. The fraction of sp³-hybridized carbons (Fsp3) is 0.800. The highest BCUT2D eigenvalue weighted by Crippen LogP contribution is 2.67. The Morgan fingerprint density at radius 3 is 2.72 bits per heavy atom. The molecule has 98 valence electrons. The number of hydrogen-bond acceptors (Lipinski definition) is 2. The fourth-order valence-electron chi connectivity index (χ4n) is 5.44. The largest absolute Gasteiger partial charge is 0.481 e. The first-order valence-corrected chi connectivity index (χ1v) is 8.30. The van der Waals surface area contributed by atoms with Gasteiger partial charge in [0.05, 0.1) is 6.42 Å². The molecule has 18 heavy (non-hydrogen) atoms. The van der Waals surface area contributed by atoms with Crippen molar-refractivity contribution in [3.05, 3.63) is 12.2 Å². The number of allylic oxidation sites excluding steroid dienone is 2. The normalized spacial score (nSPS) is 51.0. The van der Waals surface area contributed by atoms with Crippen LogP contribution in [0.15, 0.2) is 12.2 Å². The minimum Gasteiger partial charge on any atom is -0.481 e. The van der Waals surface area contributed by atoms with E-state index in [2.05, 4.69) is 12.2 Å². The predicted octanol–water partition coefficient (Wildman–Crippen LogP) is 3.04. The number of carboxylic acids is 1. The third-order valence-corrected chi connectivity index (χ3v) is 7.27. The van der Waals surface area contributed by atoms with Crippen LogP contribution in [0.25, 0.3) is 0 Å². The summed E-state index contributed by atoms with van der Waals surface area (Å²) in [5.41, 5.74) is 0. The van der Waals surface area contributed by atoms with Crippen LogP contribution in [0, 0.1) is 35.5 Å². The molecule has 3 fully saturated rings. The Bertz CT molecular complexity index is 405. The lowest BCUT2D eigenvalue weighted by Crippen LogP contribution is -2.32. The van der Waals surface area contributed by atoms with E-state index in [1.165, 1.54) is 19.3 Å². The van der Waals surface area contributed by atoms with Crippen molar-refractivity contribution >= 4 is 17.7 Å².